The van der Waals surface area contributed by atoms with E-state index in [1.807, 2.05) is 0 Å². The predicted molar refractivity (Wildman–Crippen MR) is 63.9 cm³/mol. The number of thiophene rings is 1. The van der Waals surface area contributed by atoms with E-state index in [1.54, 1.807) is 0 Å². The Bertz CT molecular complexity index is 514. The molecule has 0 aromatic carbocycles. The van der Waals surface area contributed by atoms with Crippen molar-refractivity contribution in [1.29, 1.82) is 0 Å². The van der Waals surface area contributed by atoms with Crippen molar-refractivity contribution in [3.05, 3.63) is 16.3 Å². The van der Waals surface area contributed by atoms with Crippen LogP contribution in [0.1, 0.15) is 35.4 Å². The molecule has 0 radical (unpaired) electrons. The lowest BCUT2D eigenvalue weighted by Gasteiger charge is -2.11. The molecule has 0 atom stereocenters. The van der Waals surface area contributed by atoms with Crippen LogP contribution in [-0.2, 0) is 10.0 Å². The minimum Gasteiger partial charge on any atom is -0.477 e. The van der Waals surface area contributed by atoms with Crippen LogP contribution in [0.3, 0.4) is 0 Å². The first kappa shape index (κ1) is 12.5. The zero-order valence-corrected chi connectivity index (χ0v) is 10.7. The minimum absolute atomic E-state index is 0.0541. The van der Waals surface area contributed by atoms with Gasteiger partial charge in [0.05, 0.1) is 0 Å². The van der Waals surface area contributed by atoms with E-state index >= 15 is 0 Å². The summed E-state index contributed by atoms with van der Waals surface area (Å²) in [5.41, 5.74) is 0. The molecule has 94 valence electrons. The Hall–Kier alpha value is -0.920. The molecule has 1 aromatic heterocycles. The standard InChI is InChI=1S/C10H13NO4S2/c12-10(13)9-8(5-6-16-9)17(14,15)11-7-3-1-2-4-7/h5-7,11H,1-4H2,(H,12,13). The van der Waals surface area contributed by atoms with Gasteiger partial charge in [-0.3, -0.25) is 0 Å². The van der Waals surface area contributed by atoms with Gasteiger partial charge in [0, 0.05) is 6.04 Å². The van der Waals surface area contributed by atoms with Crippen LogP contribution in [0.4, 0.5) is 0 Å². The van der Waals surface area contributed by atoms with Gasteiger partial charge in [0.1, 0.15) is 9.77 Å². The van der Waals surface area contributed by atoms with Crippen molar-refractivity contribution >= 4 is 27.3 Å². The molecule has 5 nitrogen and oxygen atoms in total. The number of sulfonamides is 1. The molecule has 2 N–H and O–H groups in total. The predicted octanol–water partition coefficient (Wildman–Crippen LogP) is 1.67. The van der Waals surface area contributed by atoms with Crippen molar-refractivity contribution in [2.24, 2.45) is 0 Å². The van der Waals surface area contributed by atoms with Crippen molar-refractivity contribution in [1.82, 2.24) is 4.72 Å². The maximum atomic E-state index is 12.0. The third kappa shape index (κ3) is 2.67. The summed E-state index contributed by atoms with van der Waals surface area (Å²) in [6.07, 6.45) is 3.68. The second kappa shape index (κ2) is 4.75. The van der Waals surface area contributed by atoms with Crippen LogP contribution in [0.2, 0.25) is 0 Å². The van der Waals surface area contributed by atoms with Crippen LogP contribution < -0.4 is 4.72 Å². The van der Waals surface area contributed by atoms with Gasteiger partial charge < -0.3 is 5.11 Å². The van der Waals surface area contributed by atoms with Crippen LogP contribution in [0.15, 0.2) is 16.3 Å². The molecule has 1 aliphatic rings. The Morgan fingerprint density at radius 3 is 2.65 bits per heavy atom. The first-order chi connectivity index (χ1) is 8.00. The maximum absolute atomic E-state index is 12.0. The van der Waals surface area contributed by atoms with E-state index in [9.17, 15) is 13.2 Å². The van der Waals surface area contributed by atoms with E-state index in [2.05, 4.69) is 4.72 Å². The number of carboxylic acids is 1. The van der Waals surface area contributed by atoms with E-state index in [4.69, 9.17) is 5.11 Å². The first-order valence-electron chi connectivity index (χ1n) is 5.34. The molecule has 1 fully saturated rings. The van der Waals surface area contributed by atoms with Crippen LogP contribution >= 0.6 is 11.3 Å². The fourth-order valence-corrected chi connectivity index (χ4v) is 4.56. The number of hydrogen-bond donors (Lipinski definition) is 2. The van der Waals surface area contributed by atoms with Crippen LogP contribution in [-0.4, -0.2) is 25.5 Å². The van der Waals surface area contributed by atoms with Crippen LogP contribution in [0.5, 0.6) is 0 Å². The van der Waals surface area contributed by atoms with Gasteiger partial charge in [0.2, 0.25) is 10.0 Å². The molecule has 0 unspecified atom stereocenters. The minimum atomic E-state index is -3.70. The highest BCUT2D eigenvalue weighted by Crippen LogP contribution is 2.24. The molecule has 0 aliphatic heterocycles. The summed E-state index contributed by atoms with van der Waals surface area (Å²) in [7, 11) is -3.70. The van der Waals surface area contributed by atoms with Gasteiger partial charge in [-0.2, -0.15) is 0 Å². The zero-order valence-electron chi connectivity index (χ0n) is 9.05. The lowest BCUT2D eigenvalue weighted by molar-refractivity contribution is 0.0698. The Balaban J connectivity index is 2.24. The topological polar surface area (TPSA) is 83.5 Å². The van der Waals surface area contributed by atoms with E-state index in [1.165, 1.54) is 11.4 Å². The lowest BCUT2D eigenvalue weighted by Crippen LogP contribution is -2.33. The normalized spacial score (nSPS) is 17.4. The number of carboxylic acid groups (broad SMARTS) is 1. The van der Waals surface area contributed by atoms with Crippen molar-refractivity contribution in [3.63, 3.8) is 0 Å². The molecule has 17 heavy (non-hydrogen) atoms. The summed E-state index contributed by atoms with van der Waals surface area (Å²) < 4.78 is 26.6. The third-order valence-electron chi connectivity index (χ3n) is 2.79. The van der Waals surface area contributed by atoms with Crippen LogP contribution in [0.25, 0.3) is 0 Å². The first-order valence-corrected chi connectivity index (χ1v) is 7.70. The zero-order chi connectivity index (χ0) is 12.5. The molecular weight excluding hydrogens is 262 g/mol. The van der Waals surface area contributed by atoms with Gasteiger partial charge in [-0.1, -0.05) is 12.8 Å². The Kier molecular flexibility index (Phi) is 3.50. The van der Waals surface area contributed by atoms with Crippen molar-refractivity contribution in [2.75, 3.05) is 0 Å². The molecule has 1 saturated carbocycles. The average molecular weight is 275 g/mol. The van der Waals surface area contributed by atoms with E-state index in [-0.39, 0.29) is 15.8 Å². The van der Waals surface area contributed by atoms with Crippen molar-refractivity contribution < 1.29 is 18.3 Å². The fraction of sp³-hybridized carbons (Fsp3) is 0.500. The fourth-order valence-electron chi connectivity index (χ4n) is 1.99. The smallest absolute Gasteiger partial charge is 0.347 e. The largest absolute Gasteiger partial charge is 0.477 e. The molecule has 0 amide bonds. The average Bonchev–Trinajstić information content (AvgIpc) is 2.84. The monoisotopic (exact) mass is 275 g/mol. The molecular formula is C10H13NO4S2. The molecule has 1 heterocycles. The molecule has 0 bridgehead atoms. The number of rotatable bonds is 4. The maximum Gasteiger partial charge on any atom is 0.347 e. The number of hydrogen-bond acceptors (Lipinski definition) is 4. The molecule has 2 rings (SSSR count). The highest BCUT2D eigenvalue weighted by molar-refractivity contribution is 7.89. The number of nitrogens with one attached hydrogen (secondary N) is 1. The Labute approximate surface area is 104 Å². The summed E-state index contributed by atoms with van der Waals surface area (Å²) in [6, 6.07) is 1.28. The highest BCUT2D eigenvalue weighted by Gasteiger charge is 2.27. The summed E-state index contributed by atoms with van der Waals surface area (Å²) in [4.78, 5) is 10.6. The lowest BCUT2D eigenvalue weighted by atomic mass is 10.3. The second-order valence-electron chi connectivity index (χ2n) is 4.02. The van der Waals surface area contributed by atoms with Crippen molar-refractivity contribution in [3.8, 4) is 0 Å². The van der Waals surface area contributed by atoms with Gasteiger partial charge in [-0.15, -0.1) is 11.3 Å². The quantitative estimate of drug-likeness (QED) is 0.875. The van der Waals surface area contributed by atoms with Gasteiger partial charge in [-0.05, 0) is 24.3 Å². The molecule has 1 aromatic rings. The second-order valence-corrected chi connectivity index (χ2v) is 6.62. The summed E-state index contributed by atoms with van der Waals surface area (Å²) in [5.74, 6) is -1.20. The SMILES string of the molecule is O=C(O)c1sccc1S(=O)(=O)NC1CCCC1. The van der Waals surface area contributed by atoms with E-state index < -0.39 is 16.0 Å². The number of aromatic carboxylic acids is 1. The van der Waals surface area contributed by atoms with E-state index in [0.29, 0.717) is 0 Å². The Morgan fingerprint density at radius 1 is 1.41 bits per heavy atom. The van der Waals surface area contributed by atoms with Gasteiger partial charge in [0.25, 0.3) is 0 Å². The van der Waals surface area contributed by atoms with Crippen molar-refractivity contribution in [2.45, 2.75) is 36.6 Å². The molecule has 1 aliphatic carbocycles. The molecule has 0 spiro atoms. The Morgan fingerprint density at radius 2 is 2.06 bits per heavy atom. The third-order valence-corrected chi connectivity index (χ3v) is 5.38. The van der Waals surface area contributed by atoms with Crippen LogP contribution in [0, 0.1) is 0 Å². The summed E-state index contributed by atoms with van der Waals surface area (Å²) in [6.45, 7) is 0. The van der Waals surface area contributed by atoms with Gasteiger partial charge in [0.15, 0.2) is 0 Å². The summed E-state index contributed by atoms with van der Waals surface area (Å²) in [5, 5.41) is 10.4. The van der Waals surface area contributed by atoms with Gasteiger partial charge >= 0.3 is 5.97 Å². The van der Waals surface area contributed by atoms with Gasteiger partial charge in [-0.25, -0.2) is 17.9 Å². The highest BCUT2D eigenvalue weighted by atomic mass is 32.2. The summed E-state index contributed by atoms with van der Waals surface area (Å²) >= 11 is 0.924. The molecule has 0 saturated heterocycles. The van der Waals surface area contributed by atoms with E-state index in [0.717, 1.165) is 37.0 Å². The number of carbonyl (C=O) groups is 1. The molecule has 7 heteroatoms.